The van der Waals surface area contributed by atoms with Crippen LogP contribution in [0.25, 0.3) is 0 Å². The van der Waals surface area contributed by atoms with E-state index >= 15 is 0 Å². The third-order valence-corrected chi connectivity index (χ3v) is 6.19. The molecule has 1 aliphatic rings. The SMILES string of the molecule is COc1cc(CCC(=O)NCC2(c3ccccc3)CCCCC2)cc(OC)c1OC. The van der Waals surface area contributed by atoms with E-state index < -0.39 is 0 Å². The number of nitrogens with one attached hydrogen (secondary N) is 1. The predicted octanol–water partition coefficient (Wildman–Crippen LogP) is 4.66. The summed E-state index contributed by atoms with van der Waals surface area (Å²) in [6.45, 7) is 0.700. The zero-order chi connectivity index (χ0) is 21.4. The van der Waals surface area contributed by atoms with Crippen LogP contribution in [-0.4, -0.2) is 33.8 Å². The summed E-state index contributed by atoms with van der Waals surface area (Å²) in [6.07, 6.45) is 7.01. The predicted molar refractivity (Wildman–Crippen MR) is 119 cm³/mol. The first-order valence-electron chi connectivity index (χ1n) is 10.7. The second-order valence-corrected chi connectivity index (χ2v) is 8.02. The molecule has 0 aliphatic heterocycles. The minimum absolute atomic E-state index is 0.0573. The zero-order valence-corrected chi connectivity index (χ0v) is 18.3. The lowest BCUT2D eigenvalue weighted by Gasteiger charge is -2.38. The number of carbonyl (C=O) groups excluding carboxylic acids is 1. The van der Waals surface area contributed by atoms with Gasteiger partial charge in [0.25, 0.3) is 0 Å². The maximum absolute atomic E-state index is 12.7. The van der Waals surface area contributed by atoms with Gasteiger partial charge in [-0.25, -0.2) is 0 Å². The Morgan fingerprint density at radius 1 is 0.933 bits per heavy atom. The van der Waals surface area contributed by atoms with Crippen molar-refractivity contribution >= 4 is 5.91 Å². The number of amides is 1. The molecule has 162 valence electrons. The third kappa shape index (κ3) is 5.07. The Kier molecular flexibility index (Phi) is 7.61. The smallest absolute Gasteiger partial charge is 0.220 e. The average molecular weight is 412 g/mol. The van der Waals surface area contributed by atoms with Gasteiger partial charge in [-0.3, -0.25) is 4.79 Å². The topological polar surface area (TPSA) is 56.8 Å². The van der Waals surface area contributed by atoms with Gasteiger partial charge in [-0.05, 0) is 42.5 Å². The monoisotopic (exact) mass is 411 g/mol. The number of ether oxygens (including phenoxy) is 3. The van der Waals surface area contributed by atoms with Gasteiger partial charge in [-0.1, -0.05) is 49.6 Å². The molecule has 30 heavy (non-hydrogen) atoms. The highest BCUT2D eigenvalue weighted by atomic mass is 16.5. The molecule has 1 aliphatic carbocycles. The van der Waals surface area contributed by atoms with Gasteiger partial charge < -0.3 is 19.5 Å². The van der Waals surface area contributed by atoms with Crippen molar-refractivity contribution in [1.82, 2.24) is 5.32 Å². The average Bonchev–Trinajstić information content (AvgIpc) is 2.81. The first-order chi connectivity index (χ1) is 14.6. The molecule has 1 fully saturated rings. The van der Waals surface area contributed by atoms with Crippen LogP contribution in [0.1, 0.15) is 49.7 Å². The van der Waals surface area contributed by atoms with Gasteiger partial charge in [0.15, 0.2) is 11.5 Å². The highest BCUT2D eigenvalue weighted by Crippen LogP contribution is 2.39. The van der Waals surface area contributed by atoms with Gasteiger partial charge in [-0.2, -0.15) is 0 Å². The molecule has 0 bridgehead atoms. The Labute approximate surface area is 179 Å². The number of hydrogen-bond donors (Lipinski definition) is 1. The van der Waals surface area contributed by atoms with Crippen molar-refractivity contribution < 1.29 is 19.0 Å². The standard InChI is InChI=1S/C25H33NO4/c1-28-21-16-19(17-22(29-2)24(21)30-3)12-13-23(27)26-18-25(14-8-5-9-15-25)20-10-6-4-7-11-20/h4,6-7,10-11,16-17H,5,8-9,12-15,18H2,1-3H3,(H,26,27). The van der Waals surface area contributed by atoms with Gasteiger partial charge >= 0.3 is 0 Å². The van der Waals surface area contributed by atoms with E-state index in [1.54, 1.807) is 21.3 Å². The van der Waals surface area contributed by atoms with Crippen molar-refractivity contribution in [2.45, 2.75) is 50.4 Å². The highest BCUT2D eigenvalue weighted by Gasteiger charge is 2.34. The normalized spacial score (nSPS) is 15.3. The lowest BCUT2D eigenvalue weighted by atomic mass is 9.69. The number of hydrogen-bond acceptors (Lipinski definition) is 4. The van der Waals surface area contributed by atoms with E-state index in [-0.39, 0.29) is 11.3 Å². The Hall–Kier alpha value is -2.69. The summed E-state index contributed by atoms with van der Waals surface area (Å²) >= 11 is 0. The van der Waals surface area contributed by atoms with Crippen LogP contribution in [0.15, 0.2) is 42.5 Å². The number of methoxy groups -OCH3 is 3. The van der Waals surface area contributed by atoms with Crippen molar-refractivity contribution in [3.8, 4) is 17.2 Å². The second-order valence-electron chi connectivity index (χ2n) is 8.02. The Morgan fingerprint density at radius 2 is 1.57 bits per heavy atom. The molecule has 5 heteroatoms. The van der Waals surface area contributed by atoms with Gasteiger partial charge in [-0.15, -0.1) is 0 Å². The third-order valence-electron chi connectivity index (χ3n) is 6.19. The molecule has 1 saturated carbocycles. The van der Waals surface area contributed by atoms with Crippen LogP contribution in [0.5, 0.6) is 17.2 Å². The molecule has 0 radical (unpaired) electrons. The van der Waals surface area contributed by atoms with Crippen molar-refractivity contribution in [3.63, 3.8) is 0 Å². The number of rotatable bonds is 9. The maximum atomic E-state index is 12.7. The summed E-state index contributed by atoms with van der Waals surface area (Å²) < 4.78 is 16.2. The van der Waals surface area contributed by atoms with Crippen LogP contribution in [0.2, 0.25) is 0 Å². The largest absolute Gasteiger partial charge is 0.493 e. The molecule has 0 aromatic heterocycles. The molecule has 1 N–H and O–H groups in total. The molecule has 0 spiro atoms. The van der Waals surface area contributed by atoms with Crippen molar-refractivity contribution in [3.05, 3.63) is 53.6 Å². The molecule has 5 nitrogen and oxygen atoms in total. The van der Waals surface area contributed by atoms with Crippen LogP contribution < -0.4 is 19.5 Å². The molecule has 0 saturated heterocycles. The lowest BCUT2D eigenvalue weighted by molar-refractivity contribution is -0.121. The van der Waals surface area contributed by atoms with Crippen molar-refractivity contribution in [2.75, 3.05) is 27.9 Å². The molecular weight excluding hydrogens is 378 g/mol. The Bertz CT molecular complexity index is 803. The maximum Gasteiger partial charge on any atom is 0.220 e. The van der Waals surface area contributed by atoms with Crippen LogP contribution in [0.3, 0.4) is 0 Å². The minimum atomic E-state index is 0.0573. The fourth-order valence-electron chi connectivity index (χ4n) is 4.48. The van der Waals surface area contributed by atoms with Gasteiger partial charge in [0.05, 0.1) is 21.3 Å². The zero-order valence-electron chi connectivity index (χ0n) is 18.3. The molecule has 0 atom stereocenters. The van der Waals surface area contributed by atoms with Gasteiger partial charge in [0.1, 0.15) is 0 Å². The number of aryl methyl sites for hydroxylation is 1. The van der Waals surface area contributed by atoms with E-state index in [0.717, 1.165) is 18.4 Å². The number of benzene rings is 2. The van der Waals surface area contributed by atoms with E-state index in [1.165, 1.54) is 24.8 Å². The van der Waals surface area contributed by atoms with Crippen LogP contribution >= 0.6 is 0 Å². The minimum Gasteiger partial charge on any atom is -0.493 e. The van der Waals surface area contributed by atoms with Crippen LogP contribution in [-0.2, 0) is 16.6 Å². The first kappa shape index (κ1) is 22.0. The molecule has 2 aromatic carbocycles. The van der Waals surface area contributed by atoms with Gasteiger partial charge in [0.2, 0.25) is 11.7 Å². The summed E-state index contributed by atoms with van der Waals surface area (Å²) in [5, 5.41) is 3.22. The van der Waals surface area contributed by atoms with E-state index in [0.29, 0.717) is 36.6 Å². The molecular formula is C25H33NO4. The van der Waals surface area contributed by atoms with Gasteiger partial charge in [0, 0.05) is 18.4 Å². The quantitative estimate of drug-likeness (QED) is 0.652. The van der Waals surface area contributed by atoms with Crippen LogP contribution in [0, 0.1) is 0 Å². The van der Waals surface area contributed by atoms with E-state index in [9.17, 15) is 4.79 Å². The van der Waals surface area contributed by atoms with E-state index in [2.05, 4.69) is 35.6 Å². The second kappa shape index (κ2) is 10.4. The summed E-state index contributed by atoms with van der Waals surface area (Å²) in [5.74, 6) is 1.86. The molecule has 1 amide bonds. The Morgan fingerprint density at radius 3 is 2.13 bits per heavy atom. The molecule has 0 heterocycles. The highest BCUT2D eigenvalue weighted by molar-refractivity contribution is 5.76. The molecule has 0 unspecified atom stereocenters. The molecule has 3 rings (SSSR count). The first-order valence-corrected chi connectivity index (χ1v) is 10.7. The summed E-state index contributed by atoms with van der Waals surface area (Å²) in [6, 6.07) is 14.5. The molecule has 2 aromatic rings. The summed E-state index contributed by atoms with van der Waals surface area (Å²) in [7, 11) is 4.78. The summed E-state index contributed by atoms with van der Waals surface area (Å²) in [4.78, 5) is 12.7. The lowest BCUT2D eigenvalue weighted by Crippen LogP contribution is -2.42. The summed E-state index contributed by atoms with van der Waals surface area (Å²) in [5.41, 5.74) is 2.38. The fourth-order valence-corrected chi connectivity index (χ4v) is 4.48. The van der Waals surface area contributed by atoms with E-state index in [4.69, 9.17) is 14.2 Å². The fraction of sp³-hybridized carbons (Fsp3) is 0.480. The van der Waals surface area contributed by atoms with Crippen molar-refractivity contribution in [1.29, 1.82) is 0 Å². The van der Waals surface area contributed by atoms with E-state index in [1.807, 2.05) is 12.1 Å². The number of carbonyl (C=O) groups is 1. The Balaban J connectivity index is 1.63. The van der Waals surface area contributed by atoms with Crippen molar-refractivity contribution in [2.24, 2.45) is 0 Å². The van der Waals surface area contributed by atoms with Crippen LogP contribution in [0.4, 0.5) is 0 Å².